The molecular formula is C5H8F3N5O. The molecule has 1 aromatic rings. The maximum absolute atomic E-state index is 11.8. The van der Waals surface area contributed by atoms with Crippen molar-refractivity contribution in [2.24, 2.45) is 7.05 Å². The van der Waals surface area contributed by atoms with E-state index in [2.05, 4.69) is 20.8 Å². The summed E-state index contributed by atoms with van der Waals surface area (Å²) < 4.78 is 36.6. The number of aromatic nitrogens is 4. The Hall–Kier alpha value is -1.38. The van der Waals surface area contributed by atoms with E-state index in [0.29, 0.717) is 0 Å². The fourth-order valence-electron chi connectivity index (χ4n) is 0.683. The van der Waals surface area contributed by atoms with E-state index in [1.807, 2.05) is 0 Å². The van der Waals surface area contributed by atoms with Gasteiger partial charge in [0.05, 0.1) is 6.54 Å². The molecule has 2 N–H and O–H groups in total. The van der Waals surface area contributed by atoms with Crippen molar-refractivity contribution in [2.45, 2.75) is 12.3 Å². The molecule has 0 spiro atoms. The van der Waals surface area contributed by atoms with Gasteiger partial charge in [0.1, 0.15) is 0 Å². The number of hydrogen-bond donors (Lipinski definition) is 2. The number of rotatable bonds is 3. The molecule has 0 aliphatic carbocycles. The topological polar surface area (TPSA) is 75.9 Å². The number of aliphatic hydroxyl groups excluding tert-OH is 1. The van der Waals surface area contributed by atoms with Crippen LogP contribution in [-0.4, -0.2) is 44.1 Å². The number of tetrazole rings is 1. The van der Waals surface area contributed by atoms with Gasteiger partial charge >= 0.3 is 6.18 Å². The molecule has 0 saturated heterocycles. The van der Waals surface area contributed by atoms with Crippen LogP contribution in [0.4, 0.5) is 19.1 Å². The van der Waals surface area contributed by atoms with Crippen molar-refractivity contribution in [3.63, 3.8) is 0 Å². The number of anilines is 1. The Kier molecular flexibility index (Phi) is 2.89. The van der Waals surface area contributed by atoms with Crippen LogP contribution < -0.4 is 5.32 Å². The Balaban J connectivity index is 2.46. The van der Waals surface area contributed by atoms with Crippen molar-refractivity contribution in [3.8, 4) is 0 Å². The molecule has 0 bridgehead atoms. The van der Waals surface area contributed by atoms with Crippen molar-refractivity contribution in [1.82, 2.24) is 20.2 Å². The van der Waals surface area contributed by atoms with Crippen molar-refractivity contribution < 1.29 is 18.3 Å². The molecule has 0 fully saturated rings. The summed E-state index contributed by atoms with van der Waals surface area (Å²) in [5.74, 6) is 0.0632. The zero-order valence-corrected chi connectivity index (χ0v) is 7.15. The smallest absolute Gasteiger partial charge is 0.382 e. The summed E-state index contributed by atoms with van der Waals surface area (Å²) in [6.45, 7) is -0.683. The Morgan fingerprint density at radius 3 is 2.64 bits per heavy atom. The van der Waals surface area contributed by atoms with Crippen LogP contribution in [0, 0.1) is 0 Å². The number of hydrogen-bond acceptors (Lipinski definition) is 5. The van der Waals surface area contributed by atoms with Crippen LogP contribution in [0.3, 0.4) is 0 Å². The second-order valence-electron chi connectivity index (χ2n) is 2.56. The minimum absolute atomic E-state index is 0.0632. The Labute approximate surface area is 76.7 Å². The number of nitrogens with zero attached hydrogens (tertiary/aromatic N) is 4. The van der Waals surface area contributed by atoms with Gasteiger partial charge in [0.15, 0.2) is 6.10 Å². The van der Waals surface area contributed by atoms with Gasteiger partial charge in [-0.15, -0.1) is 0 Å². The van der Waals surface area contributed by atoms with Crippen molar-refractivity contribution in [3.05, 3.63) is 0 Å². The molecule has 0 aliphatic heterocycles. The highest BCUT2D eigenvalue weighted by Crippen LogP contribution is 2.19. The zero-order valence-electron chi connectivity index (χ0n) is 7.15. The van der Waals surface area contributed by atoms with E-state index in [-0.39, 0.29) is 5.95 Å². The highest BCUT2D eigenvalue weighted by Gasteiger charge is 2.38. The van der Waals surface area contributed by atoms with Gasteiger partial charge in [0.25, 0.3) is 0 Å². The lowest BCUT2D eigenvalue weighted by Crippen LogP contribution is -2.35. The normalized spacial score (nSPS) is 14.1. The average Bonchev–Trinajstić information content (AvgIpc) is 2.45. The van der Waals surface area contributed by atoms with E-state index in [1.165, 1.54) is 7.05 Å². The van der Waals surface area contributed by atoms with Gasteiger partial charge in [-0.3, -0.25) is 0 Å². The van der Waals surface area contributed by atoms with Crippen LogP contribution in [0.1, 0.15) is 0 Å². The molecule has 0 aliphatic rings. The summed E-state index contributed by atoms with van der Waals surface area (Å²) in [5, 5.41) is 20.8. The Morgan fingerprint density at radius 1 is 1.57 bits per heavy atom. The molecule has 6 nitrogen and oxygen atoms in total. The first kappa shape index (κ1) is 10.7. The SMILES string of the molecule is Cn1nnnc1NC[C@H](O)C(F)(F)F. The van der Waals surface area contributed by atoms with E-state index in [4.69, 9.17) is 5.11 Å². The highest BCUT2D eigenvalue weighted by molar-refractivity contribution is 5.21. The minimum atomic E-state index is -4.64. The minimum Gasteiger partial charge on any atom is -0.382 e. The molecule has 80 valence electrons. The molecule has 1 aromatic heterocycles. The number of alkyl halides is 3. The zero-order chi connectivity index (χ0) is 10.8. The fourth-order valence-corrected chi connectivity index (χ4v) is 0.683. The van der Waals surface area contributed by atoms with E-state index >= 15 is 0 Å². The van der Waals surface area contributed by atoms with Crippen LogP contribution in [0.2, 0.25) is 0 Å². The number of nitrogens with one attached hydrogen (secondary N) is 1. The third-order valence-corrected chi connectivity index (χ3v) is 1.45. The first-order valence-corrected chi connectivity index (χ1v) is 3.62. The quantitative estimate of drug-likeness (QED) is 0.707. The summed E-state index contributed by atoms with van der Waals surface area (Å²) in [4.78, 5) is 0. The molecular weight excluding hydrogens is 203 g/mol. The first-order chi connectivity index (χ1) is 6.41. The van der Waals surface area contributed by atoms with Crippen LogP contribution in [0.15, 0.2) is 0 Å². The second-order valence-corrected chi connectivity index (χ2v) is 2.56. The third-order valence-electron chi connectivity index (χ3n) is 1.45. The highest BCUT2D eigenvalue weighted by atomic mass is 19.4. The van der Waals surface area contributed by atoms with Gasteiger partial charge in [-0.2, -0.15) is 13.2 Å². The van der Waals surface area contributed by atoms with Crippen LogP contribution in [0.5, 0.6) is 0 Å². The monoisotopic (exact) mass is 211 g/mol. The first-order valence-electron chi connectivity index (χ1n) is 3.62. The van der Waals surface area contributed by atoms with Gasteiger partial charge in [0.2, 0.25) is 5.95 Å². The Bertz CT molecular complexity index is 298. The van der Waals surface area contributed by atoms with E-state index < -0.39 is 18.8 Å². The predicted molar refractivity (Wildman–Crippen MR) is 39.3 cm³/mol. The molecule has 14 heavy (non-hydrogen) atoms. The van der Waals surface area contributed by atoms with E-state index in [1.54, 1.807) is 0 Å². The lowest BCUT2D eigenvalue weighted by Gasteiger charge is -2.14. The molecule has 0 unspecified atom stereocenters. The molecule has 1 rings (SSSR count). The molecule has 1 heterocycles. The van der Waals surface area contributed by atoms with Crippen LogP contribution in [0.25, 0.3) is 0 Å². The fraction of sp³-hybridized carbons (Fsp3) is 0.800. The van der Waals surface area contributed by atoms with E-state index in [9.17, 15) is 13.2 Å². The van der Waals surface area contributed by atoms with Crippen LogP contribution >= 0.6 is 0 Å². The summed E-state index contributed by atoms with van der Waals surface area (Å²) in [6.07, 6.45) is -7.07. The molecule has 1 atom stereocenters. The standard InChI is InChI=1S/C5H8F3N5O/c1-13-4(10-11-12-13)9-2-3(14)5(6,7)8/h3,14H,2H2,1H3,(H,9,10,12)/t3-/m0/s1. The molecule has 0 saturated carbocycles. The predicted octanol–water partition coefficient (Wildman–Crippen LogP) is -0.455. The molecule has 9 heteroatoms. The number of halogens is 3. The number of aryl methyl sites for hydroxylation is 1. The maximum atomic E-state index is 11.8. The lowest BCUT2D eigenvalue weighted by atomic mass is 10.3. The van der Waals surface area contributed by atoms with Crippen LogP contribution in [-0.2, 0) is 7.05 Å². The van der Waals surface area contributed by atoms with Gasteiger partial charge < -0.3 is 10.4 Å². The largest absolute Gasteiger partial charge is 0.416 e. The van der Waals surface area contributed by atoms with Crippen molar-refractivity contribution in [2.75, 3.05) is 11.9 Å². The third kappa shape index (κ3) is 2.55. The summed E-state index contributed by atoms with van der Waals surface area (Å²) >= 11 is 0. The summed E-state index contributed by atoms with van der Waals surface area (Å²) in [7, 11) is 1.46. The number of aliphatic hydroxyl groups is 1. The average molecular weight is 211 g/mol. The van der Waals surface area contributed by atoms with Crippen molar-refractivity contribution in [1.29, 1.82) is 0 Å². The summed E-state index contributed by atoms with van der Waals surface area (Å²) in [5.41, 5.74) is 0. The summed E-state index contributed by atoms with van der Waals surface area (Å²) in [6, 6.07) is 0. The molecule has 0 radical (unpaired) electrons. The second kappa shape index (κ2) is 3.78. The Morgan fingerprint density at radius 2 is 2.21 bits per heavy atom. The molecule has 0 aromatic carbocycles. The van der Waals surface area contributed by atoms with Gasteiger partial charge in [-0.1, -0.05) is 5.10 Å². The van der Waals surface area contributed by atoms with Gasteiger partial charge in [-0.25, -0.2) is 4.68 Å². The molecule has 0 amide bonds. The van der Waals surface area contributed by atoms with E-state index in [0.717, 1.165) is 4.68 Å². The lowest BCUT2D eigenvalue weighted by molar-refractivity contribution is -0.198. The van der Waals surface area contributed by atoms with Gasteiger partial charge in [0, 0.05) is 7.05 Å². The maximum Gasteiger partial charge on any atom is 0.416 e. The van der Waals surface area contributed by atoms with Gasteiger partial charge in [-0.05, 0) is 10.4 Å². The van der Waals surface area contributed by atoms with Crippen molar-refractivity contribution >= 4 is 5.95 Å².